The summed E-state index contributed by atoms with van der Waals surface area (Å²) >= 11 is 12.4. The fourth-order valence-corrected chi connectivity index (χ4v) is 2.82. The second-order valence-electron chi connectivity index (χ2n) is 5.20. The van der Waals surface area contributed by atoms with Crippen molar-refractivity contribution >= 4 is 40.7 Å². The van der Waals surface area contributed by atoms with Gasteiger partial charge in [0.15, 0.2) is 0 Å². The molecule has 0 amide bonds. The zero-order valence-electron chi connectivity index (χ0n) is 12.2. The fourth-order valence-electron chi connectivity index (χ4n) is 2.39. The highest BCUT2D eigenvalue weighted by molar-refractivity contribution is 6.34. The molecule has 2 aromatic carbocycles. The van der Waals surface area contributed by atoms with Crippen LogP contribution >= 0.6 is 23.2 Å². The Kier molecular flexibility index (Phi) is 4.51. The summed E-state index contributed by atoms with van der Waals surface area (Å²) in [6, 6.07) is 11.9. The first kappa shape index (κ1) is 15.1. The quantitative estimate of drug-likeness (QED) is 0.800. The molecule has 1 heterocycles. The van der Waals surface area contributed by atoms with Crippen LogP contribution in [0, 0.1) is 6.92 Å². The van der Waals surface area contributed by atoms with Crippen LogP contribution in [0.25, 0.3) is 6.08 Å². The van der Waals surface area contributed by atoms with Gasteiger partial charge in [0, 0.05) is 17.1 Å². The zero-order valence-corrected chi connectivity index (χ0v) is 13.7. The van der Waals surface area contributed by atoms with Crippen molar-refractivity contribution in [2.45, 2.75) is 6.92 Å². The van der Waals surface area contributed by atoms with Gasteiger partial charge in [-0.15, -0.1) is 0 Å². The maximum absolute atomic E-state index is 6.28. The first-order valence-electron chi connectivity index (χ1n) is 7.16. The molecule has 0 fully saturated rings. The Bertz CT molecular complexity index is 764. The lowest BCUT2D eigenvalue weighted by Gasteiger charge is -2.09. The van der Waals surface area contributed by atoms with E-state index in [-0.39, 0.29) is 0 Å². The topological polar surface area (TPSA) is 24.4 Å². The molecule has 0 bridgehead atoms. The summed E-state index contributed by atoms with van der Waals surface area (Å²) in [5.74, 6) is 0. The van der Waals surface area contributed by atoms with Gasteiger partial charge in [0.05, 0.1) is 23.0 Å². The Balaban J connectivity index is 1.95. The van der Waals surface area contributed by atoms with E-state index < -0.39 is 0 Å². The molecule has 0 spiro atoms. The van der Waals surface area contributed by atoms with Crippen LogP contribution in [0.2, 0.25) is 10.0 Å². The largest absolute Gasteiger partial charge is 0.381 e. The van der Waals surface area contributed by atoms with Crippen LogP contribution in [-0.4, -0.2) is 18.8 Å². The molecule has 0 aromatic heterocycles. The van der Waals surface area contributed by atoms with Gasteiger partial charge in [-0.2, -0.15) is 0 Å². The number of para-hydroxylation sites is 1. The monoisotopic (exact) mass is 330 g/mol. The molecule has 2 aromatic rings. The second kappa shape index (κ2) is 6.55. The van der Waals surface area contributed by atoms with E-state index in [1.165, 1.54) is 0 Å². The summed E-state index contributed by atoms with van der Waals surface area (Å²) in [5.41, 5.74) is 5.04. The standard InChI is InChI=1S/C18H16Cl2N2/c1-12-5-6-13(11-16(12)20)7-8-17-14-3-2-4-15(19)18(14)22-10-9-21-17/h2-8,11,22H,9-10H2,1H3/b8-7+. The minimum absolute atomic E-state index is 0.721. The molecule has 4 heteroatoms. The highest BCUT2D eigenvalue weighted by Gasteiger charge is 2.12. The molecular weight excluding hydrogens is 315 g/mol. The number of nitrogens with zero attached hydrogens (tertiary/aromatic N) is 1. The molecule has 1 aliphatic rings. The summed E-state index contributed by atoms with van der Waals surface area (Å²) in [6.45, 7) is 3.50. The molecule has 0 aliphatic carbocycles. The van der Waals surface area contributed by atoms with Gasteiger partial charge in [-0.05, 0) is 36.3 Å². The highest BCUT2D eigenvalue weighted by Crippen LogP contribution is 2.28. The number of benzodiazepines with no additional fused rings is 1. The van der Waals surface area contributed by atoms with Gasteiger partial charge >= 0.3 is 0 Å². The predicted molar refractivity (Wildman–Crippen MR) is 96.6 cm³/mol. The molecule has 0 saturated carbocycles. The lowest BCUT2D eigenvalue weighted by atomic mass is 10.1. The smallest absolute Gasteiger partial charge is 0.0668 e. The van der Waals surface area contributed by atoms with Gasteiger partial charge in [0.25, 0.3) is 0 Å². The number of rotatable bonds is 2. The van der Waals surface area contributed by atoms with Crippen molar-refractivity contribution < 1.29 is 0 Å². The molecule has 112 valence electrons. The number of hydrogen-bond acceptors (Lipinski definition) is 2. The van der Waals surface area contributed by atoms with E-state index in [4.69, 9.17) is 23.2 Å². The van der Waals surface area contributed by atoms with E-state index in [0.717, 1.165) is 51.2 Å². The van der Waals surface area contributed by atoms with Crippen molar-refractivity contribution in [3.05, 3.63) is 69.2 Å². The molecule has 0 saturated heterocycles. The molecule has 0 atom stereocenters. The van der Waals surface area contributed by atoms with Crippen molar-refractivity contribution in [3.8, 4) is 0 Å². The Labute approximate surface area is 140 Å². The number of fused-ring (bicyclic) bond motifs is 1. The molecule has 22 heavy (non-hydrogen) atoms. The number of anilines is 1. The van der Waals surface area contributed by atoms with Crippen molar-refractivity contribution in [2.75, 3.05) is 18.4 Å². The summed E-state index contributed by atoms with van der Waals surface area (Å²) in [7, 11) is 0. The van der Waals surface area contributed by atoms with Crippen molar-refractivity contribution in [1.82, 2.24) is 0 Å². The van der Waals surface area contributed by atoms with Gasteiger partial charge in [-0.3, -0.25) is 4.99 Å². The number of aliphatic imine (C=N–C) groups is 1. The molecular formula is C18H16Cl2N2. The maximum atomic E-state index is 6.28. The average Bonchev–Trinajstić information content (AvgIpc) is 2.72. The lowest BCUT2D eigenvalue weighted by Crippen LogP contribution is -2.04. The van der Waals surface area contributed by atoms with Crippen LogP contribution < -0.4 is 5.32 Å². The number of halogens is 2. The Morgan fingerprint density at radius 1 is 1.09 bits per heavy atom. The van der Waals surface area contributed by atoms with E-state index in [1.54, 1.807) is 0 Å². The average molecular weight is 331 g/mol. The lowest BCUT2D eigenvalue weighted by molar-refractivity contribution is 1.04. The van der Waals surface area contributed by atoms with E-state index in [1.807, 2.05) is 55.5 Å². The number of nitrogens with one attached hydrogen (secondary N) is 1. The molecule has 0 radical (unpaired) electrons. The van der Waals surface area contributed by atoms with Crippen LogP contribution in [0.15, 0.2) is 47.5 Å². The molecule has 2 nitrogen and oxygen atoms in total. The first-order chi connectivity index (χ1) is 10.6. The van der Waals surface area contributed by atoms with Crippen LogP contribution in [0.4, 0.5) is 5.69 Å². The number of aryl methyl sites for hydroxylation is 1. The first-order valence-corrected chi connectivity index (χ1v) is 7.92. The number of allylic oxidation sites excluding steroid dienone is 1. The Morgan fingerprint density at radius 2 is 1.95 bits per heavy atom. The van der Waals surface area contributed by atoms with Gasteiger partial charge < -0.3 is 5.32 Å². The molecule has 3 rings (SSSR count). The van der Waals surface area contributed by atoms with Gasteiger partial charge in [0.2, 0.25) is 0 Å². The minimum Gasteiger partial charge on any atom is -0.381 e. The zero-order chi connectivity index (χ0) is 15.5. The maximum Gasteiger partial charge on any atom is 0.0668 e. The van der Waals surface area contributed by atoms with Crippen molar-refractivity contribution in [3.63, 3.8) is 0 Å². The Morgan fingerprint density at radius 3 is 2.77 bits per heavy atom. The van der Waals surface area contributed by atoms with E-state index >= 15 is 0 Å². The van der Waals surface area contributed by atoms with Gasteiger partial charge in [-0.25, -0.2) is 0 Å². The van der Waals surface area contributed by atoms with Crippen LogP contribution in [0.3, 0.4) is 0 Å². The summed E-state index contributed by atoms with van der Waals surface area (Å²) < 4.78 is 0. The Hall–Kier alpha value is -1.77. The highest BCUT2D eigenvalue weighted by atomic mass is 35.5. The molecule has 1 aliphatic heterocycles. The number of hydrogen-bond donors (Lipinski definition) is 1. The van der Waals surface area contributed by atoms with Gasteiger partial charge in [-0.1, -0.05) is 53.5 Å². The van der Waals surface area contributed by atoms with Gasteiger partial charge in [0.1, 0.15) is 0 Å². The van der Waals surface area contributed by atoms with Crippen LogP contribution in [-0.2, 0) is 0 Å². The van der Waals surface area contributed by atoms with Crippen molar-refractivity contribution in [1.29, 1.82) is 0 Å². The third kappa shape index (κ3) is 3.18. The SMILES string of the molecule is Cc1ccc(/C=C/C2=NCCNc3c(Cl)cccc32)cc1Cl. The summed E-state index contributed by atoms with van der Waals surface area (Å²) in [6.07, 6.45) is 4.04. The second-order valence-corrected chi connectivity index (χ2v) is 6.01. The van der Waals surface area contributed by atoms with Crippen LogP contribution in [0.5, 0.6) is 0 Å². The molecule has 0 unspecified atom stereocenters. The molecule has 1 N–H and O–H groups in total. The minimum atomic E-state index is 0.721. The van der Waals surface area contributed by atoms with E-state index in [2.05, 4.69) is 10.3 Å². The predicted octanol–water partition coefficient (Wildman–Crippen LogP) is 5.23. The van der Waals surface area contributed by atoms with Crippen LogP contribution in [0.1, 0.15) is 16.7 Å². The van der Waals surface area contributed by atoms with Crippen molar-refractivity contribution in [2.24, 2.45) is 4.99 Å². The third-order valence-electron chi connectivity index (χ3n) is 3.61. The summed E-state index contributed by atoms with van der Waals surface area (Å²) in [5, 5.41) is 4.83. The third-order valence-corrected chi connectivity index (χ3v) is 4.34. The normalized spacial score (nSPS) is 14.2. The number of benzene rings is 2. The summed E-state index contributed by atoms with van der Waals surface area (Å²) in [4.78, 5) is 4.64. The van der Waals surface area contributed by atoms with E-state index in [9.17, 15) is 0 Å². The van der Waals surface area contributed by atoms with E-state index in [0.29, 0.717) is 0 Å². The fraction of sp³-hybridized carbons (Fsp3) is 0.167.